The van der Waals surface area contributed by atoms with E-state index in [1.165, 1.54) is 17.7 Å². The lowest BCUT2D eigenvalue weighted by atomic mass is 10.2. The second-order valence-corrected chi connectivity index (χ2v) is 6.73. The van der Waals surface area contributed by atoms with E-state index in [0.29, 0.717) is 22.4 Å². The lowest BCUT2D eigenvalue weighted by Gasteiger charge is -2.11. The van der Waals surface area contributed by atoms with E-state index in [0.717, 1.165) is 0 Å². The quantitative estimate of drug-likeness (QED) is 0.774. The minimum atomic E-state index is -0.522. The van der Waals surface area contributed by atoms with Crippen LogP contribution in [0.15, 0.2) is 48.5 Å². The second-order valence-electron chi connectivity index (χ2n) is 4.85. The molecule has 0 aliphatic rings. The van der Waals surface area contributed by atoms with Crippen LogP contribution in [0, 0.1) is 5.82 Å². The standard InChI is InChI=1S/C17H17ClFNOS/c1-12(13-5-3-2-4-6-13)22-10-9-17(21)20-16-8-7-14(18)11-15(16)19/h2-8,11-12H,9-10H2,1H3,(H,20,21). The van der Waals surface area contributed by atoms with Gasteiger partial charge in [-0.05, 0) is 30.7 Å². The van der Waals surface area contributed by atoms with Gasteiger partial charge < -0.3 is 5.32 Å². The smallest absolute Gasteiger partial charge is 0.225 e. The Hall–Kier alpha value is -1.52. The maximum Gasteiger partial charge on any atom is 0.225 e. The van der Waals surface area contributed by atoms with E-state index in [-0.39, 0.29) is 11.6 Å². The maximum atomic E-state index is 13.6. The van der Waals surface area contributed by atoms with Crippen LogP contribution in [0.1, 0.15) is 24.2 Å². The molecule has 0 fully saturated rings. The number of hydrogen-bond donors (Lipinski definition) is 1. The molecular formula is C17H17ClFNOS. The van der Waals surface area contributed by atoms with E-state index in [9.17, 15) is 9.18 Å². The van der Waals surface area contributed by atoms with Crippen LogP contribution in [0.3, 0.4) is 0 Å². The van der Waals surface area contributed by atoms with Crippen LogP contribution in [0.4, 0.5) is 10.1 Å². The fraction of sp³-hybridized carbons (Fsp3) is 0.235. The summed E-state index contributed by atoms with van der Waals surface area (Å²) in [7, 11) is 0. The van der Waals surface area contributed by atoms with E-state index < -0.39 is 5.82 Å². The molecule has 2 nitrogen and oxygen atoms in total. The maximum absolute atomic E-state index is 13.6. The predicted molar refractivity (Wildman–Crippen MR) is 92.0 cm³/mol. The van der Waals surface area contributed by atoms with Crippen LogP contribution in [0.25, 0.3) is 0 Å². The van der Waals surface area contributed by atoms with Gasteiger partial charge in [-0.2, -0.15) is 11.8 Å². The van der Waals surface area contributed by atoms with Gasteiger partial charge in [-0.3, -0.25) is 4.79 Å². The van der Waals surface area contributed by atoms with Crippen molar-refractivity contribution in [2.45, 2.75) is 18.6 Å². The monoisotopic (exact) mass is 337 g/mol. The summed E-state index contributed by atoms with van der Waals surface area (Å²) in [5, 5.41) is 3.19. The summed E-state index contributed by atoms with van der Waals surface area (Å²) in [6, 6.07) is 14.3. The highest BCUT2D eigenvalue weighted by Crippen LogP contribution is 2.28. The van der Waals surface area contributed by atoms with Gasteiger partial charge in [0, 0.05) is 22.4 Å². The minimum absolute atomic E-state index is 0.163. The van der Waals surface area contributed by atoms with Crippen molar-refractivity contribution in [3.8, 4) is 0 Å². The molecule has 0 saturated carbocycles. The Kier molecular flexibility index (Phi) is 6.28. The molecule has 1 amide bonds. The molecule has 0 aliphatic carbocycles. The molecule has 0 heterocycles. The zero-order chi connectivity index (χ0) is 15.9. The fourth-order valence-corrected chi connectivity index (χ4v) is 3.12. The number of benzene rings is 2. The molecule has 0 aromatic heterocycles. The number of rotatable bonds is 6. The number of carbonyl (C=O) groups is 1. The fourth-order valence-electron chi connectivity index (χ4n) is 1.95. The molecule has 22 heavy (non-hydrogen) atoms. The van der Waals surface area contributed by atoms with Crippen molar-refractivity contribution >= 4 is 35.0 Å². The van der Waals surface area contributed by atoms with Crippen LogP contribution >= 0.6 is 23.4 Å². The Morgan fingerprint density at radius 3 is 2.68 bits per heavy atom. The van der Waals surface area contributed by atoms with Crippen molar-refractivity contribution in [2.24, 2.45) is 0 Å². The molecule has 2 aromatic carbocycles. The average molecular weight is 338 g/mol. The van der Waals surface area contributed by atoms with Crippen LogP contribution in [-0.4, -0.2) is 11.7 Å². The third-order valence-electron chi connectivity index (χ3n) is 3.17. The van der Waals surface area contributed by atoms with Crippen LogP contribution in [0.5, 0.6) is 0 Å². The summed E-state index contributed by atoms with van der Waals surface area (Å²) >= 11 is 7.37. The molecule has 1 atom stereocenters. The minimum Gasteiger partial charge on any atom is -0.324 e. The normalized spacial score (nSPS) is 12.0. The number of nitrogens with one attached hydrogen (secondary N) is 1. The van der Waals surface area contributed by atoms with E-state index in [1.807, 2.05) is 18.2 Å². The molecule has 0 radical (unpaired) electrons. The van der Waals surface area contributed by atoms with Crippen molar-refractivity contribution in [3.63, 3.8) is 0 Å². The van der Waals surface area contributed by atoms with Crippen molar-refractivity contribution in [3.05, 3.63) is 64.9 Å². The van der Waals surface area contributed by atoms with Crippen molar-refractivity contribution in [2.75, 3.05) is 11.1 Å². The molecular weight excluding hydrogens is 321 g/mol. The summed E-state index contributed by atoms with van der Waals surface area (Å²) in [4.78, 5) is 11.8. The van der Waals surface area contributed by atoms with Crippen molar-refractivity contribution < 1.29 is 9.18 Å². The third-order valence-corrected chi connectivity index (χ3v) is 4.62. The van der Waals surface area contributed by atoms with Crippen LogP contribution < -0.4 is 5.32 Å². The molecule has 0 spiro atoms. The van der Waals surface area contributed by atoms with Gasteiger partial charge in [0.1, 0.15) is 5.82 Å². The highest BCUT2D eigenvalue weighted by Gasteiger charge is 2.10. The number of halogens is 2. The first-order valence-corrected chi connectivity index (χ1v) is 8.40. The molecule has 1 N–H and O–H groups in total. The molecule has 0 bridgehead atoms. The van der Waals surface area contributed by atoms with Crippen LogP contribution in [-0.2, 0) is 4.79 Å². The number of amides is 1. The first-order chi connectivity index (χ1) is 10.6. The first kappa shape index (κ1) is 16.8. The van der Waals surface area contributed by atoms with Crippen molar-refractivity contribution in [1.82, 2.24) is 0 Å². The zero-order valence-electron chi connectivity index (χ0n) is 12.2. The Bertz CT molecular complexity index is 636. The summed E-state index contributed by atoms with van der Waals surface area (Å²) in [6.07, 6.45) is 0.337. The molecule has 1 unspecified atom stereocenters. The van der Waals surface area contributed by atoms with Gasteiger partial charge in [0.2, 0.25) is 5.91 Å². The zero-order valence-corrected chi connectivity index (χ0v) is 13.8. The molecule has 2 rings (SSSR count). The largest absolute Gasteiger partial charge is 0.324 e. The lowest BCUT2D eigenvalue weighted by molar-refractivity contribution is -0.115. The van der Waals surface area contributed by atoms with Gasteiger partial charge in [-0.15, -0.1) is 0 Å². The molecule has 0 saturated heterocycles. The van der Waals surface area contributed by atoms with Crippen LogP contribution in [0.2, 0.25) is 5.02 Å². The number of anilines is 1. The molecule has 0 aliphatic heterocycles. The van der Waals surface area contributed by atoms with E-state index in [4.69, 9.17) is 11.6 Å². The summed E-state index contributed by atoms with van der Waals surface area (Å²) in [5.74, 6) is -0.0444. The Balaban J connectivity index is 1.78. The van der Waals surface area contributed by atoms with Gasteiger partial charge in [0.25, 0.3) is 0 Å². The molecule has 116 valence electrons. The Morgan fingerprint density at radius 2 is 2.00 bits per heavy atom. The lowest BCUT2D eigenvalue weighted by Crippen LogP contribution is -2.13. The summed E-state index contributed by atoms with van der Waals surface area (Å²) in [6.45, 7) is 2.11. The van der Waals surface area contributed by atoms with Gasteiger partial charge in [-0.1, -0.05) is 41.9 Å². The second kappa shape index (κ2) is 8.20. The van der Waals surface area contributed by atoms with Gasteiger partial charge >= 0.3 is 0 Å². The number of carbonyl (C=O) groups excluding carboxylic acids is 1. The Morgan fingerprint density at radius 1 is 1.27 bits per heavy atom. The third kappa shape index (κ3) is 5.04. The van der Waals surface area contributed by atoms with Gasteiger partial charge in [0.15, 0.2) is 0 Å². The summed E-state index contributed by atoms with van der Waals surface area (Å²) < 4.78 is 13.6. The number of thioether (sulfide) groups is 1. The highest BCUT2D eigenvalue weighted by molar-refractivity contribution is 7.99. The van der Waals surface area contributed by atoms with E-state index >= 15 is 0 Å². The SMILES string of the molecule is CC(SCCC(=O)Nc1ccc(Cl)cc1F)c1ccccc1. The average Bonchev–Trinajstić information content (AvgIpc) is 2.51. The molecule has 2 aromatic rings. The van der Waals surface area contributed by atoms with Crippen molar-refractivity contribution in [1.29, 1.82) is 0 Å². The summed E-state index contributed by atoms with van der Waals surface area (Å²) in [5.41, 5.74) is 1.40. The predicted octanol–water partition coefficient (Wildman–Crippen LogP) is 5.30. The molecule has 5 heteroatoms. The highest BCUT2D eigenvalue weighted by atomic mass is 35.5. The van der Waals surface area contributed by atoms with Gasteiger partial charge in [-0.25, -0.2) is 4.39 Å². The van der Waals surface area contributed by atoms with Gasteiger partial charge in [0.05, 0.1) is 5.69 Å². The first-order valence-electron chi connectivity index (χ1n) is 6.97. The van der Waals surface area contributed by atoms with E-state index in [1.54, 1.807) is 17.8 Å². The Labute approximate surface area is 139 Å². The van der Waals surface area contributed by atoms with E-state index in [2.05, 4.69) is 24.4 Å². The number of hydrogen-bond acceptors (Lipinski definition) is 2. The topological polar surface area (TPSA) is 29.1 Å².